The van der Waals surface area contributed by atoms with Crippen LogP contribution in [0.15, 0.2) is 24.3 Å². The Hall–Kier alpha value is -1.81. The van der Waals surface area contributed by atoms with Crippen molar-refractivity contribution in [3.8, 4) is 5.75 Å². The standard InChI is InChI=1S/C10H8O4/c11-10(12)4-2-7-1-3-8-6-13-14-9(8)5-7/h1-5H,6H2,(H,11,12)/b4-2+. The Labute approximate surface area is 80.3 Å². The van der Waals surface area contributed by atoms with E-state index in [1.54, 1.807) is 6.07 Å². The van der Waals surface area contributed by atoms with E-state index in [9.17, 15) is 4.79 Å². The van der Waals surface area contributed by atoms with E-state index in [1.807, 2.05) is 12.1 Å². The number of carbonyl (C=O) groups is 1. The molecule has 0 aromatic heterocycles. The van der Waals surface area contributed by atoms with Crippen LogP contribution >= 0.6 is 0 Å². The molecular weight excluding hydrogens is 184 g/mol. The molecule has 0 fully saturated rings. The first-order valence-corrected chi connectivity index (χ1v) is 4.09. The van der Waals surface area contributed by atoms with Gasteiger partial charge in [0, 0.05) is 11.6 Å². The van der Waals surface area contributed by atoms with Crippen LogP contribution in [0.25, 0.3) is 6.08 Å². The molecule has 0 radical (unpaired) electrons. The number of aliphatic carboxylic acids is 1. The maximum absolute atomic E-state index is 10.3. The number of carboxylic acids is 1. The van der Waals surface area contributed by atoms with Crippen LogP contribution < -0.4 is 4.89 Å². The minimum absolute atomic E-state index is 0.443. The number of fused-ring (bicyclic) bond motifs is 1. The predicted octanol–water partition coefficient (Wildman–Crippen LogP) is 1.61. The molecule has 0 aliphatic carbocycles. The monoisotopic (exact) mass is 192 g/mol. The molecule has 0 saturated heterocycles. The molecule has 1 aromatic rings. The van der Waals surface area contributed by atoms with E-state index in [0.717, 1.165) is 17.2 Å². The SMILES string of the molecule is O=C(O)/C=C/c1ccc2c(c1)OOC2. The van der Waals surface area contributed by atoms with Crippen molar-refractivity contribution < 1.29 is 19.7 Å². The van der Waals surface area contributed by atoms with Crippen LogP contribution in [-0.2, 0) is 16.3 Å². The van der Waals surface area contributed by atoms with Crippen molar-refractivity contribution in [2.24, 2.45) is 0 Å². The molecule has 4 nitrogen and oxygen atoms in total. The van der Waals surface area contributed by atoms with Gasteiger partial charge in [-0.05, 0) is 17.7 Å². The van der Waals surface area contributed by atoms with Crippen molar-refractivity contribution in [3.63, 3.8) is 0 Å². The lowest BCUT2D eigenvalue weighted by atomic mass is 10.1. The summed E-state index contributed by atoms with van der Waals surface area (Å²) in [7, 11) is 0. The van der Waals surface area contributed by atoms with E-state index >= 15 is 0 Å². The Kier molecular flexibility index (Phi) is 2.20. The summed E-state index contributed by atoms with van der Waals surface area (Å²) in [5.41, 5.74) is 1.74. The summed E-state index contributed by atoms with van der Waals surface area (Å²) in [6, 6.07) is 5.40. The van der Waals surface area contributed by atoms with Gasteiger partial charge in [0.2, 0.25) is 0 Å². The maximum Gasteiger partial charge on any atom is 0.328 e. The Morgan fingerprint density at radius 1 is 1.50 bits per heavy atom. The number of hydrogen-bond acceptors (Lipinski definition) is 3. The van der Waals surface area contributed by atoms with Crippen LogP contribution in [0.2, 0.25) is 0 Å². The first-order valence-electron chi connectivity index (χ1n) is 4.09. The van der Waals surface area contributed by atoms with Gasteiger partial charge in [-0.25, -0.2) is 4.79 Å². The van der Waals surface area contributed by atoms with Crippen molar-refractivity contribution in [1.29, 1.82) is 0 Å². The number of rotatable bonds is 2. The summed E-state index contributed by atoms with van der Waals surface area (Å²) in [6.07, 6.45) is 2.59. The first-order chi connectivity index (χ1) is 6.75. The zero-order chi connectivity index (χ0) is 9.97. The second-order valence-corrected chi connectivity index (χ2v) is 2.88. The van der Waals surface area contributed by atoms with Crippen LogP contribution in [0.3, 0.4) is 0 Å². The molecule has 0 unspecified atom stereocenters. The van der Waals surface area contributed by atoms with Gasteiger partial charge in [0.1, 0.15) is 6.61 Å². The average molecular weight is 192 g/mol. The van der Waals surface area contributed by atoms with Crippen molar-refractivity contribution in [2.75, 3.05) is 0 Å². The lowest BCUT2D eigenvalue weighted by Crippen LogP contribution is -1.86. The topological polar surface area (TPSA) is 55.8 Å². The molecule has 0 saturated carbocycles. The average Bonchev–Trinajstić information content (AvgIpc) is 2.61. The minimum atomic E-state index is -0.970. The number of carboxylic acid groups (broad SMARTS) is 1. The number of benzene rings is 1. The van der Waals surface area contributed by atoms with Gasteiger partial charge in [-0.15, -0.1) is 0 Å². The van der Waals surface area contributed by atoms with Crippen molar-refractivity contribution in [3.05, 3.63) is 35.4 Å². The van der Waals surface area contributed by atoms with E-state index in [0.29, 0.717) is 12.4 Å². The van der Waals surface area contributed by atoms with Gasteiger partial charge in [0.25, 0.3) is 0 Å². The van der Waals surface area contributed by atoms with Gasteiger partial charge in [0.05, 0.1) is 0 Å². The lowest BCUT2D eigenvalue weighted by molar-refractivity contribution is -0.194. The highest BCUT2D eigenvalue weighted by Crippen LogP contribution is 2.27. The highest BCUT2D eigenvalue weighted by molar-refractivity contribution is 5.85. The molecule has 4 heteroatoms. The summed E-state index contributed by atoms with van der Waals surface area (Å²) in [5.74, 6) is -0.319. The molecule has 0 atom stereocenters. The molecule has 0 bridgehead atoms. The molecule has 72 valence electrons. The molecule has 1 aliphatic rings. The van der Waals surface area contributed by atoms with Crippen molar-refractivity contribution >= 4 is 12.0 Å². The third-order valence-electron chi connectivity index (χ3n) is 1.87. The summed E-state index contributed by atoms with van der Waals surface area (Å²) >= 11 is 0. The van der Waals surface area contributed by atoms with Crippen LogP contribution in [0.4, 0.5) is 0 Å². The quantitative estimate of drug-likeness (QED) is 0.571. The molecule has 1 N–H and O–H groups in total. The van der Waals surface area contributed by atoms with Gasteiger partial charge < -0.3 is 9.99 Å². The van der Waals surface area contributed by atoms with E-state index in [2.05, 4.69) is 0 Å². The summed E-state index contributed by atoms with van der Waals surface area (Å²) in [4.78, 5) is 19.9. The van der Waals surface area contributed by atoms with Crippen molar-refractivity contribution in [2.45, 2.75) is 6.61 Å². The second kappa shape index (κ2) is 3.51. The Bertz CT molecular complexity index is 395. The molecule has 1 heterocycles. The zero-order valence-electron chi connectivity index (χ0n) is 7.27. The maximum atomic E-state index is 10.3. The van der Waals surface area contributed by atoms with Crippen LogP contribution in [0.5, 0.6) is 5.75 Å². The number of hydrogen-bond donors (Lipinski definition) is 1. The van der Waals surface area contributed by atoms with Gasteiger partial charge in [0.15, 0.2) is 5.75 Å². The molecule has 1 aromatic carbocycles. The van der Waals surface area contributed by atoms with Crippen LogP contribution in [0.1, 0.15) is 11.1 Å². The van der Waals surface area contributed by atoms with E-state index in [1.165, 1.54) is 6.08 Å². The van der Waals surface area contributed by atoms with Gasteiger partial charge in [-0.3, -0.25) is 0 Å². The third kappa shape index (κ3) is 1.75. The Balaban J connectivity index is 2.25. The minimum Gasteiger partial charge on any atom is -0.478 e. The van der Waals surface area contributed by atoms with E-state index in [-0.39, 0.29) is 0 Å². The normalized spacial score (nSPS) is 14.0. The van der Waals surface area contributed by atoms with Gasteiger partial charge in [-0.2, -0.15) is 4.89 Å². The molecule has 14 heavy (non-hydrogen) atoms. The largest absolute Gasteiger partial charge is 0.478 e. The molecule has 0 spiro atoms. The summed E-state index contributed by atoms with van der Waals surface area (Å²) < 4.78 is 0. The Morgan fingerprint density at radius 3 is 3.14 bits per heavy atom. The smallest absolute Gasteiger partial charge is 0.328 e. The van der Waals surface area contributed by atoms with E-state index in [4.69, 9.17) is 14.9 Å². The molecule has 1 aliphatic heterocycles. The highest BCUT2D eigenvalue weighted by atomic mass is 17.2. The van der Waals surface area contributed by atoms with E-state index < -0.39 is 5.97 Å². The van der Waals surface area contributed by atoms with Crippen LogP contribution in [0, 0.1) is 0 Å². The third-order valence-corrected chi connectivity index (χ3v) is 1.87. The second-order valence-electron chi connectivity index (χ2n) is 2.88. The molecule has 2 rings (SSSR count). The van der Waals surface area contributed by atoms with Crippen molar-refractivity contribution in [1.82, 2.24) is 0 Å². The summed E-state index contributed by atoms with van der Waals surface area (Å²) in [5, 5.41) is 8.43. The fourth-order valence-electron chi connectivity index (χ4n) is 1.20. The molecular formula is C10H8O4. The van der Waals surface area contributed by atoms with Crippen LogP contribution in [-0.4, -0.2) is 11.1 Å². The fourth-order valence-corrected chi connectivity index (χ4v) is 1.20. The zero-order valence-corrected chi connectivity index (χ0v) is 7.27. The van der Waals surface area contributed by atoms with Gasteiger partial charge >= 0.3 is 5.97 Å². The van der Waals surface area contributed by atoms with Gasteiger partial charge in [-0.1, -0.05) is 12.1 Å². The predicted molar refractivity (Wildman–Crippen MR) is 48.5 cm³/mol. The summed E-state index contributed by atoms with van der Waals surface area (Å²) in [6.45, 7) is 0.443. The Morgan fingerprint density at radius 2 is 2.36 bits per heavy atom. The first kappa shape index (κ1) is 8.77. The lowest BCUT2D eigenvalue weighted by Gasteiger charge is -1.96. The molecule has 0 amide bonds. The highest BCUT2D eigenvalue weighted by Gasteiger charge is 2.12. The fraction of sp³-hybridized carbons (Fsp3) is 0.100.